The maximum Gasteiger partial charge on any atom is 0.269 e. The number of rotatable bonds is 5. The Labute approximate surface area is 197 Å². The fraction of sp³-hybridized carbons (Fsp3) is 0.0455. The van der Waals surface area contributed by atoms with E-state index in [9.17, 15) is 14.9 Å². The summed E-state index contributed by atoms with van der Waals surface area (Å²) in [6, 6.07) is 19.9. The Morgan fingerprint density at radius 1 is 1.09 bits per heavy atom. The highest BCUT2D eigenvalue weighted by molar-refractivity contribution is 8.13. The molecule has 9 nitrogen and oxygen atoms in total. The molecule has 4 aromatic rings. The molecule has 0 amide bonds. The number of nitrogens with one attached hydrogen (secondary N) is 2. The number of benzene rings is 3. The van der Waals surface area contributed by atoms with Crippen LogP contribution < -0.4 is 16.4 Å². The molecule has 1 heterocycles. The van der Waals surface area contributed by atoms with E-state index in [0.29, 0.717) is 32.5 Å². The molecule has 0 unspecified atom stereocenters. The number of aliphatic imine (C=N–C) groups is 1. The summed E-state index contributed by atoms with van der Waals surface area (Å²) >= 11 is 7.68. The third-order valence-electron chi connectivity index (χ3n) is 4.63. The third-order valence-corrected chi connectivity index (χ3v) is 5.53. The van der Waals surface area contributed by atoms with Crippen molar-refractivity contribution in [3.63, 3.8) is 0 Å². The van der Waals surface area contributed by atoms with Gasteiger partial charge in [0.15, 0.2) is 5.17 Å². The van der Waals surface area contributed by atoms with Crippen molar-refractivity contribution in [2.45, 2.75) is 0 Å². The molecule has 0 aliphatic carbocycles. The molecule has 0 bridgehead atoms. The minimum atomic E-state index is -0.470. The highest BCUT2D eigenvalue weighted by Crippen LogP contribution is 2.23. The van der Waals surface area contributed by atoms with Crippen LogP contribution in [0.4, 0.5) is 17.3 Å². The molecule has 0 saturated heterocycles. The number of fused-ring (bicyclic) bond motifs is 1. The number of amidine groups is 1. The Kier molecular flexibility index (Phi) is 6.57. The van der Waals surface area contributed by atoms with Gasteiger partial charge in [-0.2, -0.15) is 0 Å². The Hall–Kier alpha value is -3.89. The van der Waals surface area contributed by atoms with E-state index in [2.05, 4.69) is 20.8 Å². The first-order valence-corrected chi connectivity index (χ1v) is 11.2. The van der Waals surface area contributed by atoms with E-state index in [4.69, 9.17) is 11.6 Å². The summed E-state index contributed by atoms with van der Waals surface area (Å²) in [5, 5.41) is 12.1. The highest BCUT2D eigenvalue weighted by atomic mass is 35.5. The lowest BCUT2D eigenvalue weighted by molar-refractivity contribution is -0.384. The van der Waals surface area contributed by atoms with E-state index >= 15 is 0 Å². The standard InChI is InChI=1S/C22H17ClN6O3S/c1-33-22(24-14-10-12-15(13-11-14)29(31)32)27-26-21-25-18-8-4-2-6-16(18)20(30)28(21)19-9-5-3-7-17(19)23/h2-13H,1H3,(H,24,27)(H,25,26). The smallest absolute Gasteiger partial charge is 0.269 e. The molecule has 2 N–H and O–H groups in total. The first-order chi connectivity index (χ1) is 16.0. The number of halogens is 1. The number of aromatic nitrogens is 2. The van der Waals surface area contributed by atoms with E-state index in [0.717, 1.165) is 0 Å². The first-order valence-electron chi connectivity index (χ1n) is 9.64. The van der Waals surface area contributed by atoms with E-state index < -0.39 is 4.92 Å². The van der Waals surface area contributed by atoms with Crippen molar-refractivity contribution in [2.75, 3.05) is 11.7 Å². The maximum atomic E-state index is 13.3. The van der Waals surface area contributed by atoms with Crippen LogP contribution in [-0.2, 0) is 0 Å². The number of hydrogen-bond acceptors (Lipinski definition) is 7. The van der Waals surface area contributed by atoms with Crippen molar-refractivity contribution < 1.29 is 4.92 Å². The minimum absolute atomic E-state index is 0.0187. The lowest BCUT2D eigenvalue weighted by atomic mass is 10.2. The fourth-order valence-corrected chi connectivity index (χ4v) is 3.64. The molecule has 0 fully saturated rings. The molecule has 0 atom stereocenters. The molecule has 11 heteroatoms. The summed E-state index contributed by atoms with van der Waals surface area (Å²) in [6.45, 7) is 0. The normalized spacial score (nSPS) is 11.4. The average molecular weight is 481 g/mol. The van der Waals surface area contributed by atoms with Gasteiger partial charge in [0.2, 0.25) is 5.95 Å². The maximum absolute atomic E-state index is 13.3. The zero-order chi connectivity index (χ0) is 23.4. The molecule has 0 aliphatic rings. The van der Waals surface area contributed by atoms with Gasteiger partial charge in [-0.3, -0.25) is 25.8 Å². The van der Waals surface area contributed by atoms with E-state index in [1.807, 2.05) is 6.26 Å². The van der Waals surface area contributed by atoms with Gasteiger partial charge in [-0.05, 0) is 42.7 Å². The van der Waals surface area contributed by atoms with Crippen molar-refractivity contribution >= 4 is 56.8 Å². The summed E-state index contributed by atoms with van der Waals surface area (Å²) < 4.78 is 1.39. The van der Waals surface area contributed by atoms with Crippen LogP contribution >= 0.6 is 23.4 Å². The minimum Gasteiger partial charge on any atom is -0.276 e. The molecule has 0 saturated carbocycles. The topological polar surface area (TPSA) is 114 Å². The van der Waals surface area contributed by atoms with Crippen molar-refractivity contribution in [1.82, 2.24) is 15.0 Å². The molecule has 33 heavy (non-hydrogen) atoms. The number of para-hydroxylation sites is 2. The van der Waals surface area contributed by atoms with Crippen LogP contribution in [0.1, 0.15) is 0 Å². The van der Waals surface area contributed by atoms with E-state index in [1.54, 1.807) is 60.7 Å². The van der Waals surface area contributed by atoms with Gasteiger partial charge in [-0.15, -0.1) is 0 Å². The predicted molar refractivity (Wildman–Crippen MR) is 133 cm³/mol. The summed E-state index contributed by atoms with van der Waals surface area (Å²) in [5.74, 6) is 0.220. The van der Waals surface area contributed by atoms with Crippen molar-refractivity contribution in [3.8, 4) is 5.69 Å². The van der Waals surface area contributed by atoms with Crippen LogP contribution in [0, 0.1) is 10.1 Å². The Balaban J connectivity index is 1.71. The summed E-state index contributed by atoms with van der Waals surface area (Å²) in [6.07, 6.45) is 1.81. The number of nitro groups is 1. The molecular formula is C22H17ClN6O3S. The number of hydrogen-bond donors (Lipinski definition) is 2. The molecule has 1 aromatic heterocycles. The van der Waals surface area contributed by atoms with Crippen LogP contribution in [0.15, 0.2) is 82.6 Å². The fourth-order valence-electron chi connectivity index (χ4n) is 3.07. The van der Waals surface area contributed by atoms with Crippen molar-refractivity contribution in [3.05, 3.63) is 98.3 Å². The van der Waals surface area contributed by atoms with E-state index in [-0.39, 0.29) is 17.2 Å². The van der Waals surface area contributed by atoms with Crippen LogP contribution in [0.5, 0.6) is 0 Å². The van der Waals surface area contributed by atoms with Gasteiger partial charge in [-0.1, -0.05) is 47.6 Å². The molecule has 0 radical (unpaired) electrons. The van der Waals surface area contributed by atoms with Gasteiger partial charge < -0.3 is 0 Å². The highest BCUT2D eigenvalue weighted by Gasteiger charge is 2.15. The molecule has 166 valence electrons. The average Bonchev–Trinajstić information content (AvgIpc) is 2.83. The van der Waals surface area contributed by atoms with Gasteiger partial charge in [0.05, 0.1) is 32.2 Å². The number of non-ortho nitro benzene ring substituents is 1. The number of anilines is 1. The van der Waals surface area contributed by atoms with Crippen molar-refractivity contribution in [2.24, 2.45) is 4.99 Å². The van der Waals surface area contributed by atoms with Gasteiger partial charge in [0, 0.05) is 12.1 Å². The Morgan fingerprint density at radius 3 is 2.48 bits per heavy atom. The summed E-state index contributed by atoms with van der Waals surface area (Å²) in [7, 11) is 0. The number of nitro benzene ring substituents is 1. The predicted octanol–water partition coefficient (Wildman–Crippen LogP) is 4.91. The second-order valence-corrected chi connectivity index (χ2v) is 7.89. The molecule has 0 spiro atoms. The first kappa shape index (κ1) is 22.3. The van der Waals surface area contributed by atoms with Crippen LogP contribution in [0.25, 0.3) is 16.6 Å². The van der Waals surface area contributed by atoms with Gasteiger partial charge in [0.1, 0.15) is 0 Å². The number of nitrogens with zero attached hydrogens (tertiary/aromatic N) is 4. The molecular weight excluding hydrogens is 464 g/mol. The van der Waals surface area contributed by atoms with E-state index in [1.165, 1.54) is 28.5 Å². The SMILES string of the molecule is CSC(=Nc1ccc([N+](=O)[O-])cc1)NNc1nc2ccccc2c(=O)n1-c1ccccc1Cl. The van der Waals surface area contributed by atoms with Gasteiger partial charge in [-0.25, -0.2) is 14.5 Å². The third kappa shape index (κ3) is 4.81. The Morgan fingerprint density at radius 2 is 1.79 bits per heavy atom. The van der Waals surface area contributed by atoms with Crippen LogP contribution in [-0.4, -0.2) is 25.9 Å². The second kappa shape index (κ2) is 9.72. The summed E-state index contributed by atoms with van der Waals surface area (Å²) in [4.78, 5) is 32.7. The van der Waals surface area contributed by atoms with Gasteiger partial charge >= 0.3 is 0 Å². The van der Waals surface area contributed by atoms with Gasteiger partial charge in [0.25, 0.3) is 11.2 Å². The molecule has 4 rings (SSSR count). The lowest BCUT2D eigenvalue weighted by Crippen LogP contribution is -2.32. The lowest BCUT2D eigenvalue weighted by Gasteiger charge is -2.17. The number of hydrazine groups is 1. The zero-order valence-corrected chi connectivity index (χ0v) is 18.8. The number of thioether (sulfide) groups is 1. The quantitative estimate of drug-likeness (QED) is 0.180. The van der Waals surface area contributed by atoms with Crippen LogP contribution in [0.2, 0.25) is 5.02 Å². The van der Waals surface area contributed by atoms with Crippen LogP contribution in [0.3, 0.4) is 0 Å². The monoisotopic (exact) mass is 480 g/mol. The van der Waals surface area contributed by atoms with Crippen molar-refractivity contribution in [1.29, 1.82) is 0 Å². The zero-order valence-electron chi connectivity index (χ0n) is 17.2. The molecule has 3 aromatic carbocycles. The second-order valence-electron chi connectivity index (χ2n) is 6.69. The largest absolute Gasteiger partial charge is 0.276 e. The summed E-state index contributed by atoms with van der Waals surface area (Å²) in [5.41, 5.74) is 7.13. The Bertz CT molecular complexity index is 1420. The molecule has 0 aliphatic heterocycles.